The highest BCUT2D eigenvalue weighted by Gasteiger charge is 2.41. The average molecular weight is 293 g/mol. The average Bonchev–Trinajstić information content (AvgIpc) is 3.05. The van der Waals surface area contributed by atoms with Crippen molar-refractivity contribution in [1.82, 2.24) is 15.2 Å². The van der Waals surface area contributed by atoms with Crippen molar-refractivity contribution >= 4 is 11.3 Å². The second-order valence-electron chi connectivity index (χ2n) is 7.02. The van der Waals surface area contributed by atoms with Crippen molar-refractivity contribution in [2.75, 3.05) is 13.1 Å². The third-order valence-electron chi connectivity index (χ3n) is 4.88. The zero-order chi connectivity index (χ0) is 14.0. The van der Waals surface area contributed by atoms with Crippen molar-refractivity contribution in [3.05, 3.63) is 16.6 Å². The molecule has 1 spiro atoms. The fourth-order valence-electron chi connectivity index (χ4n) is 3.91. The predicted octanol–water partition coefficient (Wildman–Crippen LogP) is 3.28. The first-order chi connectivity index (χ1) is 9.67. The number of nitrogens with one attached hydrogen (secondary N) is 1. The molecule has 0 bridgehead atoms. The van der Waals surface area contributed by atoms with Gasteiger partial charge in [0.05, 0.1) is 5.51 Å². The van der Waals surface area contributed by atoms with Gasteiger partial charge in [0.2, 0.25) is 0 Å². The Morgan fingerprint density at radius 1 is 1.45 bits per heavy atom. The van der Waals surface area contributed by atoms with E-state index in [0.717, 1.165) is 19.0 Å². The van der Waals surface area contributed by atoms with Crippen LogP contribution in [0.1, 0.15) is 50.8 Å². The molecule has 1 N–H and O–H groups in total. The third kappa shape index (κ3) is 3.23. The van der Waals surface area contributed by atoms with E-state index in [2.05, 4.69) is 29.0 Å². The highest BCUT2D eigenvalue weighted by Crippen LogP contribution is 2.34. The summed E-state index contributed by atoms with van der Waals surface area (Å²) in [5.74, 6) is 0.767. The highest BCUT2D eigenvalue weighted by molar-refractivity contribution is 7.09. The predicted molar refractivity (Wildman–Crippen MR) is 85.0 cm³/mol. The van der Waals surface area contributed by atoms with Crippen molar-refractivity contribution in [3.63, 3.8) is 0 Å². The second kappa shape index (κ2) is 6.12. The molecule has 2 heterocycles. The summed E-state index contributed by atoms with van der Waals surface area (Å²) in [5, 5.41) is 3.91. The standard InChI is InChI=1S/C16H27N3S/c1-13(2)7-14-8-18-16(5-3-4-6-16)11-19(14)10-15-9-17-12-20-15/h9,12-14,18H,3-8,10-11H2,1-2H3. The number of piperazine rings is 1. The molecule has 0 radical (unpaired) electrons. The van der Waals surface area contributed by atoms with E-state index in [0.29, 0.717) is 11.6 Å². The van der Waals surface area contributed by atoms with Gasteiger partial charge in [-0.15, -0.1) is 11.3 Å². The summed E-state index contributed by atoms with van der Waals surface area (Å²) in [7, 11) is 0. The summed E-state index contributed by atoms with van der Waals surface area (Å²) in [6.45, 7) is 8.15. The SMILES string of the molecule is CC(C)CC1CNC2(CCCC2)CN1Cc1cncs1. The molecular formula is C16H27N3S. The summed E-state index contributed by atoms with van der Waals surface area (Å²) in [6, 6.07) is 0.684. The minimum Gasteiger partial charge on any atom is -0.308 e. The van der Waals surface area contributed by atoms with Gasteiger partial charge in [-0.25, -0.2) is 0 Å². The molecule has 3 nitrogen and oxygen atoms in total. The Morgan fingerprint density at radius 2 is 2.25 bits per heavy atom. The zero-order valence-electron chi connectivity index (χ0n) is 12.8. The number of hydrogen-bond donors (Lipinski definition) is 1. The molecule has 20 heavy (non-hydrogen) atoms. The molecule has 4 heteroatoms. The number of thiazole rings is 1. The second-order valence-corrected chi connectivity index (χ2v) is 8.00. The lowest BCUT2D eigenvalue weighted by Crippen LogP contribution is -2.62. The normalized spacial score (nSPS) is 26.6. The van der Waals surface area contributed by atoms with E-state index in [1.807, 2.05) is 11.7 Å². The maximum absolute atomic E-state index is 4.24. The minimum absolute atomic E-state index is 0.415. The van der Waals surface area contributed by atoms with Crippen molar-refractivity contribution in [2.45, 2.75) is 64.1 Å². The molecule has 1 aliphatic carbocycles. The van der Waals surface area contributed by atoms with Gasteiger partial charge in [-0.1, -0.05) is 26.7 Å². The van der Waals surface area contributed by atoms with Crippen LogP contribution in [0.4, 0.5) is 0 Å². The molecule has 2 aliphatic rings. The summed E-state index contributed by atoms with van der Waals surface area (Å²) in [5.41, 5.74) is 2.37. The van der Waals surface area contributed by atoms with Crippen LogP contribution in [0.5, 0.6) is 0 Å². The smallest absolute Gasteiger partial charge is 0.0794 e. The molecule has 1 saturated carbocycles. The van der Waals surface area contributed by atoms with Gasteiger partial charge in [-0.05, 0) is 25.2 Å². The molecule has 112 valence electrons. The zero-order valence-corrected chi connectivity index (χ0v) is 13.6. The van der Waals surface area contributed by atoms with E-state index >= 15 is 0 Å². The van der Waals surface area contributed by atoms with Gasteiger partial charge >= 0.3 is 0 Å². The molecule has 1 aromatic rings. The van der Waals surface area contributed by atoms with Crippen molar-refractivity contribution < 1.29 is 0 Å². The van der Waals surface area contributed by atoms with Crippen molar-refractivity contribution in [2.24, 2.45) is 5.92 Å². The first-order valence-corrected chi connectivity index (χ1v) is 8.91. The lowest BCUT2D eigenvalue weighted by molar-refractivity contribution is 0.0638. The fourth-order valence-corrected chi connectivity index (χ4v) is 4.52. The van der Waals surface area contributed by atoms with Gasteiger partial charge in [0.25, 0.3) is 0 Å². The maximum Gasteiger partial charge on any atom is 0.0794 e. The number of aromatic nitrogens is 1. The molecule has 1 aromatic heterocycles. The Kier molecular flexibility index (Phi) is 4.43. The first kappa shape index (κ1) is 14.5. The monoisotopic (exact) mass is 293 g/mol. The minimum atomic E-state index is 0.415. The quantitative estimate of drug-likeness (QED) is 0.923. The van der Waals surface area contributed by atoms with Crippen molar-refractivity contribution in [3.8, 4) is 0 Å². The highest BCUT2D eigenvalue weighted by atomic mass is 32.1. The molecule has 0 amide bonds. The van der Waals surface area contributed by atoms with Crippen LogP contribution < -0.4 is 5.32 Å². The van der Waals surface area contributed by atoms with Crippen LogP contribution in [0.2, 0.25) is 0 Å². The van der Waals surface area contributed by atoms with E-state index in [4.69, 9.17) is 0 Å². The Hall–Kier alpha value is -0.450. The van der Waals surface area contributed by atoms with Crippen LogP contribution in [-0.4, -0.2) is 34.6 Å². The number of nitrogens with zero attached hydrogens (tertiary/aromatic N) is 2. The molecule has 2 fully saturated rings. The number of hydrogen-bond acceptors (Lipinski definition) is 4. The van der Waals surface area contributed by atoms with E-state index in [-0.39, 0.29) is 0 Å². The Labute approximate surface area is 126 Å². The van der Waals surface area contributed by atoms with E-state index in [1.165, 1.54) is 43.5 Å². The molecule has 0 aromatic carbocycles. The van der Waals surface area contributed by atoms with Crippen LogP contribution in [0.25, 0.3) is 0 Å². The summed E-state index contributed by atoms with van der Waals surface area (Å²) in [4.78, 5) is 8.38. The van der Waals surface area contributed by atoms with Gasteiger partial charge in [0.15, 0.2) is 0 Å². The maximum atomic E-state index is 4.24. The van der Waals surface area contributed by atoms with Crippen LogP contribution in [0.3, 0.4) is 0 Å². The topological polar surface area (TPSA) is 28.2 Å². The molecule has 1 aliphatic heterocycles. The van der Waals surface area contributed by atoms with E-state index in [9.17, 15) is 0 Å². The molecule has 1 unspecified atom stereocenters. The van der Waals surface area contributed by atoms with E-state index in [1.54, 1.807) is 11.3 Å². The van der Waals surface area contributed by atoms with Gasteiger partial charge < -0.3 is 5.32 Å². The third-order valence-corrected chi connectivity index (χ3v) is 5.65. The largest absolute Gasteiger partial charge is 0.308 e. The van der Waals surface area contributed by atoms with Crippen LogP contribution in [0, 0.1) is 5.92 Å². The number of rotatable bonds is 4. The van der Waals surface area contributed by atoms with Gasteiger partial charge in [0, 0.05) is 42.3 Å². The Morgan fingerprint density at radius 3 is 2.90 bits per heavy atom. The lowest BCUT2D eigenvalue weighted by atomic mass is 9.90. The first-order valence-electron chi connectivity index (χ1n) is 8.03. The molecule has 1 atom stereocenters. The molecule has 1 saturated heterocycles. The summed E-state index contributed by atoms with van der Waals surface area (Å²) >= 11 is 1.80. The Balaban J connectivity index is 1.71. The summed E-state index contributed by atoms with van der Waals surface area (Å²) in [6.07, 6.45) is 8.86. The van der Waals surface area contributed by atoms with Gasteiger partial charge in [0.1, 0.15) is 0 Å². The summed E-state index contributed by atoms with van der Waals surface area (Å²) < 4.78 is 0. The van der Waals surface area contributed by atoms with Crippen LogP contribution in [0.15, 0.2) is 11.7 Å². The lowest BCUT2D eigenvalue weighted by Gasteiger charge is -2.47. The van der Waals surface area contributed by atoms with Crippen molar-refractivity contribution in [1.29, 1.82) is 0 Å². The molecule has 3 rings (SSSR count). The Bertz CT molecular complexity index is 409. The van der Waals surface area contributed by atoms with Crippen LogP contribution in [-0.2, 0) is 6.54 Å². The van der Waals surface area contributed by atoms with Gasteiger partial charge in [-0.3, -0.25) is 9.88 Å². The van der Waals surface area contributed by atoms with Crippen LogP contribution >= 0.6 is 11.3 Å². The fraction of sp³-hybridized carbons (Fsp3) is 0.812. The molecular weight excluding hydrogens is 266 g/mol. The van der Waals surface area contributed by atoms with E-state index < -0.39 is 0 Å². The van der Waals surface area contributed by atoms with Gasteiger partial charge in [-0.2, -0.15) is 0 Å².